The van der Waals surface area contributed by atoms with Crippen LogP contribution in [0.4, 0.5) is 0 Å². The minimum atomic E-state index is -0.436. The van der Waals surface area contributed by atoms with Gasteiger partial charge in [0, 0.05) is 12.2 Å². The zero-order valence-corrected chi connectivity index (χ0v) is 13.9. The molecule has 1 atom stereocenters. The molecule has 0 spiro atoms. The number of fused-ring (bicyclic) bond motifs is 1. The van der Waals surface area contributed by atoms with Gasteiger partial charge in [-0.3, -0.25) is 14.7 Å². The van der Waals surface area contributed by atoms with Crippen LogP contribution >= 0.6 is 11.8 Å². The number of hydrogen-bond acceptors (Lipinski definition) is 5. The summed E-state index contributed by atoms with van der Waals surface area (Å²) >= 11 is 1.61. The van der Waals surface area contributed by atoms with Crippen LogP contribution in [0.5, 0.6) is 0 Å². The zero-order chi connectivity index (χ0) is 16.4. The third kappa shape index (κ3) is 2.91. The molecular formula is C17H18N2O3S. The molecule has 6 heteroatoms. The van der Waals surface area contributed by atoms with E-state index < -0.39 is 5.97 Å². The molecule has 120 valence electrons. The molecule has 5 nitrogen and oxygen atoms in total. The standard InChI is InChI=1S/C17H18N2O3S/c1-3-22-16(21)14-11(2)18-17-19(13(20)9-10-23-17)15(14)12-7-5-4-6-8-12/h4-8,17H,3,9-10H2,1-2H3/t17-/m0/s1. The third-order valence-electron chi connectivity index (χ3n) is 3.74. The number of thioether (sulfide) groups is 1. The van der Waals surface area contributed by atoms with Gasteiger partial charge in [0.25, 0.3) is 0 Å². The lowest BCUT2D eigenvalue weighted by Gasteiger charge is -2.38. The minimum absolute atomic E-state index is 0.00866. The van der Waals surface area contributed by atoms with E-state index >= 15 is 0 Å². The average Bonchev–Trinajstić information content (AvgIpc) is 2.54. The van der Waals surface area contributed by atoms with Crippen molar-refractivity contribution < 1.29 is 14.3 Å². The van der Waals surface area contributed by atoms with E-state index in [-0.39, 0.29) is 18.0 Å². The normalized spacial score (nSPS) is 21.0. The van der Waals surface area contributed by atoms with E-state index in [4.69, 9.17) is 4.74 Å². The fourth-order valence-electron chi connectivity index (χ4n) is 2.75. The van der Waals surface area contributed by atoms with E-state index in [1.807, 2.05) is 30.3 Å². The Morgan fingerprint density at radius 1 is 1.39 bits per heavy atom. The minimum Gasteiger partial charge on any atom is -0.462 e. The number of ether oxygens (including phenoxy) is 1. The number of rotatable bonds is 3. The SMILES string of the molecule is CCOC(=O)C1=C(c2ccccc2)N2C(=O)CCS[C@H]2N=C1C. The van der Waals surface area contributed by atoms with Crippen LogP contribution in [0.15, 0.2) is 40.9 Å². The Hall–Kier alpha value is -2.08. The molecule has 0 N–H and O–H groups in total. The molecule has 0 radical (unpaired) electrons. The predicted octanol–water partition coefficient (Wildman–Crippen LogP) is 2.68. The Morgan fingerprint density at radius 2 is 2.13 bits per heavy atom. The Kier molecular flexibility index (Phi) is 4.52. The van der Waals surface area contributed by atoms with Gasteiger partial charge < -0.3 is 4.74 Å². The van der Waals surface area contributed by atoms with E-state index in [0.29, 0.717) is 23.4 Å². The Bertz CT molecular complexity index is 697. The highest BCUT2D eigenvalue weighted by Gasteiger charge is 2.39. The van der Waals surface area contributed by atoms with Gasteiger partial charge in [0.2, 0.25) is 5.91 Å². The van der Waals surface area contributed by atoms with Crippen LogP contribution in [0.2, 0.25) is 0 Å². The predicted molar refractivity (Wildman–Crippen MR) is 90.8 cm³/mol. The van der Waals surface area contributed by atoms with E-state index in [0.717, 1.165) is 11.3 Å². The molecular weight excluding hydrogens is 312 g/mol. The van der Waals surface area contributed by atoms with E-state index in [2.05, 4.69) is 4.99 Å². The number of hydrogen-bond donors (Lipinski definition) is 0. The van der Waals surface area contributed by atoms with Crippen LogP contribution in [0.1, 0.15) is 25.8 Å². The van der Waals surface area contributed by atoms with Crippen LogP contribution in [0, 0.1) is 0 Å². The maximum atomic E-state index is 12.5. The summed E-state index contributed by atoms with van der Waals surface area (Å²) in [5, 5.41) is 0. The first-order chi connectivity index (χ1) is 11.1. The highest BCUT2D eigenvalue weighted by atomic mass is 32.2. The van der Waals surface area contributed by atoms with Crippen molar-refractivity contribution in [3.8, 4) is 0 Å². The van der Waals surface area contributed by atoms with Crippen molar-refractivity contribution in [1.29, 1.82) is 0 Å². The third-order valence-corrected chi connectivity index (χ3v) is 4.80. The van der Waals surface area contributed by atoms with Gasteiger partial charge in [-0.25, -0.2) is 4.79 Å². The second kappa shape index (κ2) is 6.58. The number of carbonyl (C=O) groups excluding carboxylic acids is 2. The molecule has 23 heavy (non-hydrogen) atoms. The molecule has 1 amide bonds. The van der Waals surface area contributed by atoms with Gasteiger partial charge in [-0.05, 0) is 19.4 Å². The first-order valence-electron chi connectivity index (χ1n) is 7.58. The molecule has 2 aliphatic rings. The Labute approximate surface area is 139 Å². The summed E-state index contributed by atoms with van der Waals surface area (Å²) in [5.41, 5.74) is 2.13. The van der Waals surface area contributed by atoms with Crippen LogP contribution in [0.3, 0.4) is 0 Å². The number of benzene rings is 1. The molecule has 0 aromatic heterocycles. The molecule has 1 saturated heterocycles. The van der Waals surface area contributed by atoms with Gasteiger partial charge >= 0.3 is 5.97 Å². The van der Waals surface area contributed by atoms with Crippen molar-refractivity contribution in [1.82, 2.24) is 4.90 Å². The van der Waals surface area contributed by atoms with Crippen LogP contribution in [-0.4, -0.2) is 40.3 Å². The summed E-state index contributed by atoms with van der Waals surface area (Å²) in [6.45, 7) is 3.84. The van der Waals surface area contributed by atoms with Gasteiger partial charge in [-0.15, -0.1) is 11.8 Å². The van der Waals surface area contributed by atoms with Crippen molar-refractivity contribution in [2.45, 2.75) is 25.8 Å². The maximum Gasteiger partial charge on any atom is 0.342 e. The number of esters is 1. The molecule has 1 fully saturated rings. The summed E-state index contributed by atoms with van der Waals surface area (Å²) in [6.07, 6.45) is 0.447. The summed E-state index contributed by atoms with van der Waals surface area (Å²) < 4.78 is 5.20. The summed E-state index contributed by atoms with van der Waals surface area (Å²) in [6, 6.07) is 9.49. The molecule has 0 unspecified atom stereocenters. The quantitative estimate of drug-likeness (QED) is 0.800. The van der Waals surface area contributed by atoms with Crippen LogP contribution < -0.4 is 0 Å². The summed E-state index contributed by atoms with van der Waals surface area (Å²) in [7, 11) is 0. The van der Waals surface area contributed by atoms with Crippen molar-refractivity contribution in [2.75, 3.05) is 12.4 Å². The first-order valence-corrected chi connectivity index (χ1v) is 8.63. The van der Waals surface area contributed by atoms with E-state index in [1.165, 1.54) is 0 Å². The monoisotopic (exact) mass is 330 g/mol. The molecule has 0 bridgehead atoms. The number of nitrogens with zero attached hydrogens (tertiary/aromatic N) is 2. The Morgan fingerprint density at radius 3 is 2.83 bits per heavy atom. The largest absolute Gasteiger partial charge is 0.462 e. The molecule has 1 aromatic carbocycles. The lowest BCUT2D eigenvalue weighted by Crippen LogP contribution is -2.44. The van der Waals surface area contributed by atoms with Crippen LogP contribution in [0.25, 0.3) is 5.70 Å². The zero-order valence-electron chi connectivity index (χ0n) is 13.1. The van der Waals surface area contributed by atoms with E-state index in [1.54, 1.807) is 30.5 Å². The van der Waals surface area contributed by atoms with Crippen LogP contribution in [-0.2, 0) is 14.3 Å². The van der Waals surface area contributed by atoms with Crippen molar-refractivity contribution in [2.24, 2.45) is 4.99 Å². The van der Waals surface area contributed by atoms with Crippen molar-refractivity contribution in [3.63, 3.8) is 0 Å². The van der Waals surface area contributed by atoms with Crippen molar-refractivity contribution in [3.05, 3.63) is 41.5 Å². The first kappa shape index (κ1) is 15.8. The van der Waals surface area contributed by atoms with Gasteiger partial charge in [0.1, 0.15) is 5.57 Å². The smallest absolute Gasteiger partial charge is 0.342 e. The average molecular weight is 330 g/mol. The Balaban J connectivity index is 2.19. The fraction of sp³-hybridized carbons (Fsp3) is 0.353. The highest BCUT2D eigenvalue weighted by molar-refractivity contribution is 8.00. The fourth-order valence-corrected chi connectivity index (χ4v) is 3.86. The molecule has 0 aliphatic carbocycles. The lowest BCUT2D eigenvalue weighted by molar-refractivity contribution is -0.137. The van der Waals surface area contributed by atoms with Crippen molar-refractivity contribution >= 4 is 35.0 Å². The lowest BCUT2D eigenvalue weighted by atomic mass is 10.00. The summed E-state index contributed by atoms with van der Waals surface area (Å²) in [4.78, 5) is 31.2. The maximum absolute atomic E-state index is 12.5. The van der Waals surface area contributed by atoms with Gasteiger partial charge in [-0.2, -0.15) is 0 Å². The van der Waals surface area contributed by atoms with Gasteiger partial charge in [0.05, 0.1) is 18.0 Å². The number of amides is 1. The summed E-state index contributed by atoms with van der Waals surface area (Å²) in [5.74, 6) is 0.299. The second-order valence-electron chi connectivity index (χ2n) is 5.24. The number of carbonyl (C=O) groups is 2. The molecule has 2 heterocycles. The second-order valence-corrected chi connectivity index (χ2v) is 6.40. The van der Waals surface area contributed by atoms with Gasteiger partial charge in [0.15, 0.2) is 5.50 Å². The molecule has 1 aromatic rings. The molecule has 2 aliphatic heterocycles. The molecule has 0 saturated carbocycles. The number of aliphatic imine (C=N–C) groups is 1. The topological polar surface area (TPSA) is 59.0 Å². The van der Waals surface area contributed by atoms with Gasteiger partial charge in [-0.1, -0.05) is 30.3 Å². The van der Waals surface area contributed by atoms with E-state index in [9.17, 15) is 9.59 Å². The highest BCUT2D eigenvalue weighted by Crippen LogP contribution is 2.38. The molecule has 3 rings (SSSR count).